The van der Waals surface area contributed by atoms with Crippen LogP contribution in [0.15, 0.2) is 29.2 Å². The van der Waals surface area contributed by atoms with Crippen LogP contribution in [-0.2, 0) is 10.0 Å². The minimum atomic E-state index is -3.50. The van der Waals surface area contributed by atoms with Crippen molar-refractivity contribution in [3.63, 3.8) is 0 Å². The summed E-state index contributed by atoms with van der Waals surface area (Å²) >= 11 is 5.73. The highest BCUT2D eigenvalue weighted by molar-refractivity contribution is 7.89. The number of nitrogens with zero attached hydrogens (tertiary/aromatic N) is 1. The molecule has 17 heavy (non-hydrogen) atoms. The number of hydrogen-bond acceptors (Lipinski definition) is 3. The van der Waals surface area contributed by atoms with Crippen molar-refractivity contribution in [1.29, 1.82) is 0 Å². The third kappa shape index (κ3) is 2.47. The first-order valence-electron chi connectivity index (χ1n) is 5.44. The lowest BCUT2D eigenvalue weighted by Gasteiger charge is -2.22. The topological polar surface area (TPSA) is 57.6 Å². The fraction of sp³-hybridized carbons (Fsp3) is 0.455. The number of aliphatic hydroxyl groups is 1. The molecular weight excluding hydrogens is 262 g/mol. The molecule has 0 radical (unpaired) electrons. The number of sulfonamides is 1. The molecule has 0 saturated carbocycles. The summed E-state index contributed by atoms with van der Waals surface area (Å²) in [7, 11) is -3.50. The monoisotopic (exact) mass is 275 g/mol. The van der Waals surface area contributed by atoms with E-state index in [1.807, 2.05) is 0 Å². The summed E-state index contributed by atoms with van der Waals surface area (Å²) in [5.41, 5.74) is 0. The van der Waals surface area contributed by atoms with Gasteiger partial charge in [0.1, 0.15) is 0 Å². The summed E-state index contributed by atoms with van der Waals surface area (Å²) in [6, 6.07) is 5.79. The van der Waals surface area contributed by atoms with Gasteiger partial charge in [-0.2, -0.15) is 4.31 Å². The summed E-state index contributed by atoms with van der Waals surface area (Å²) in [6.07, 6.45) is 1.50. The van der Waals surface area contributed by atoms with Crippen LogP contribution in [0.4, 0.5) is 0 Å². The minimum Gasteiger partial charge on any atom is -0.395 e. The third-order valence-corrected chi connectivity index (χ3v) is 5.17. The van der Waals surface area contributed by atoms with Crippen molar-refractivity contribution >= 4 is 21.6 Å². The van der Waals surface area contributed by atoms with Crippen molar-refractivity contribution in [2.75, 3.05) is 13.2 Å². The van der Waals surface area contributed by atoms with Crippen LogP contribution in [0, 0.1) is 0 Å². The van der Waals surface area contributed by atoms with Crippen LogP contribution in [0.5, 0.6) is 0 Å². The van der Waals surface area contributed by atoms with E-state index in [0.29, 0.717) is 18.0 Å². The molecule has 1 aromatic carbocycles. The number of aliphatic hydroxyl groups excluding tert-OH is 1. The maximum Gasteiger partial charge on any atom is 0.243 e. The molecule has 6 heteroatoms. The molecule has 0 aliphatic carbocycles. The van der Waals surface area contributed by atoms with E-state index >= 15 is 0 Å². The lowest BCUT2D eigenvalue weighted by Crippen LogP contribution is -2.37. The zero-order valence-corrected chi connectivity index (χ0v) is 10.8. The van der Waals surface area contributed by atoms with Crippen molar-refractivity contribution in [3.8, 4) is 0 Å². The first-order chi connectivity index (χ1) is 8.05. The number of benzene rings is 1. The van der Waals surface area contributed by atoms with E-state index in [4.69, 9.17) is 16.7 Å². The number of hydrogen-bond donors (Lipinski definition) is 1. The predicted molar refractivity (Wildman–Crippen MR) is 65.5 cm³/mol. The van der Waals surface area contributed by atoms with Crippen molar-refractivity contribution < 1.29 is 13.5 Å². The standard InChI is InChI=1S/C11H14ClNO3S/c12-9-3-5-11(6-4-9)17(15,16)13-7-1-2-10(13)8-14/h3-6,10,14H,1-2,7-8H2/t10-/m0/s1. The van der Waals surface area contributed by atoms with Gasteiger partial charge in [-0.3, -0.25) is 0 Å². The molecule has 1 saturated heterocycles. The Labute approximate surface area is 106 Å². The zero-order valence-electron chi connectivity index (χ0n) is 9.21. The molecule has 0 aromatic heterocycles. The number of rotatable bonds is 3. The molecule has 1 aliphatic heterocycles. The highest BCUT2D eigenvalue weighted by atomic mass is 35.5. The molecular formula is C11H14ClNO3S. The summed E-state index contributed by atoms with van der Waals surface area (Å²) in [5, 5.41) is 9.67. The molecule has 94 valence electrons. The SMILES string of the molecule is O=S(=O)(c1ccc(Cl)cc1)N1CCC[C@H]1CO. The van der Waals surface area contributed by atoms with Gasteiger partial charge in [0.25, 0.3) is 0 Å². The summed E-state index contributed by atoms with van der Waals surface area (Å²) < 4.78 is 25.9. The summed E-state index contributed by atoms with van der Waals surface area (Å²) in [4.78, 5) is 0.224. The largest absolute Gasteiger partial charge is 0.395 e. The van der Waals surface area contributed by atoms with E-state index in [9.17, 15) is 8.42 Å². The average Bonchev–Trinajstić information content (AvgIpc) is 2.78. The Balaban J connectivity index is 2.33. The second kappa shape index (κ2) is 4.94. The van der Waals surface area contributed by atoms with Gasteiger partial charge in [0.15, 0.2) is 0 Å². The molecule has 0 unspecified atom stereocenters. The fourth-order valence-electron chi connectivity index (χ4n) is 2.05. The van der Waals surface area contributed by atoms with Gasteiger partial charge in [0.2, 0.25) is 10.0 Å². The van der Waals surface area contributed by atoms with Gasteiger partial charge in [0.05, 0.1) is 11.5 Å². The van der Waals surface area contributed by atoms with E-state index < -0.39 is 10.0 Å². The third-order valence-electron chi connectivity index (χ3n) is 2.95. The Bertz CT molecular complexity index is 486. The minimum absolute atomic E-state index is 0.132. The molecule has 1 fully saturated rings. The molecule has 2 rings (SSSR count). The quantitative estimate of drug-likeness (QED) is 0.909. The maximum atomic E-state index is 12.3. The Hall–Kier alpha value is -0.620. The molecule has 4 nitrogen and oxygen atoms in total. The normalized spacial score (nSPS) is 21.9. The molecule has 0 spiro atoms. The Morgan fingerprint density at radius 3 is 2.59 bits per heavy atom. The van der Waals surface area contributed by atoms with Gasteiger partial charge in [-0.05, 0) is 37.1 Å². The first-order valence-corrected chi connectivity index (χ1v) is 7.26. The Morgan fingerprint density at radius 1 is 1.35 bits per heavy atom. The fourth-order valence-corrected chi connectivity index (χ4v) is 3.86. The second-order valence-corrected chi connectivity index (χ2v) is 6.38. The van der Waals surface area contributed by atoms with Gasteiger partial charge in [0, 0.05) is 17.6 Å². The van der Waals surface area contributed by atoms with E-state index in [0.717, 1.165) is 6.42 Å². The van der Waals surface area contributed by atoms with Crippen molar-refractivity contribution in [2.24, 2.45) is 0 Å². The van der Waals surface area contributed by atoms with Gasteiger partial charge in [-0.15, -0.1) is 0 Å². The van der Waals surface area contributed by atoms with Gasteiger partial charge < -0.3 is 5.11 Å². The van der Waals surface area contributed by atoms with Crippen LogP contribution < -0.4 is 0 Å². The second-order valence-electron chi connectivity index (χ2n) is 4.05. The zero-order chi connectivity index (χ0) is 12.5. The highest BCUT2D eigenvalue weighted by Crippen LogP contribution is 2.26. The van der Waals surface area contributed by atoms with Crippen molar-refractivity contribution in [1.82, 2.24) is 4.31 Å². The van der Waals surface area contributed by atoms with Crippen LogP contribution in [0.25, 0.3) is 0 Å². The molecule has 0 amide bonds. The van der Waals surface area contributed by atoms with Crippen molar-refractivity contribution in [3.05, 3.63) is 29.3 Å². The summed E-state index contributed by atoms with van der Waals surface area (Å²) in [6.45, 7) is 0.336. The first kappa shape index (κ1) is 12.8. The summed E-state index contributed by atoms with van der Waals surface area (Å²) in [5.74, 6) is 0. The van der Waals surface area contributed by atoms with E-state index in [-0.39, 0.29) is 17.5 Å². The molecule has 0 bridgehead atoms. The lowest BCUT2D eigenvalue weighted by atomic mass is 10.2. The maximum absolute atomic E-state index is 12.3. The smallest absolute Gasteiger partial charge is 0.243 e. The molecule has 1 heterocycles. The van der Waals surface area contributed by atoms with Crippen LogP contribution in [0.3, 0.4) is 0 Å². The van der Waals surface area contributed by atoms with Crippen LogP contribution in [-0.4, -0.2) is 37.0 Å². The Kier molecular flexibility index (Phi) is 3.73. The molecule has 1 aromatic rings. The number of halogens is 1. The van der Waals surface area contributed by atoms with Crippen molar-refractivity contribution in [2.45, 2.75) is 23.8 Å². The molecule has 1 atom stereocenters. The van der Waals surface area contributed by atoms with Gasteiger partial charge in [-0.25, -0.2) is 8.42 Å². The van der Waals surface area contributed by atoms with Crippen LogP contribution in [0.1, 0.15) is 12.8 Å². The molecule has 1 N–H and O–H groups in total. The van der Waals surface area contributed by atoms with Crippen LogP contribution in [0.2, 0.25) is 5.02 Å². The van der Waals surface area contributed by atoms with E-state index in [2.05, 4.69) is 0 Å². The highest BCUT2D eigenvalue weighted by Gasteiger charge is 2.34. The Morgan fingerprint density at radius 2 is 2.00 bits per heavy atom. The van der Waals surface area contributed by atoms with Gasteiger partial charge in [-0.1, -0.05) is 11.6 Å². The average molecular weight is 276 g/mol. The van der Waals surface area contributed by atoms with E-state index in [1.165, 1.54) is 16.4 Å². The van der Waals surface area contributed by atoms with Crippen LogP contribution >= 0.6 is 11.6 Å². The predicted octanol–water partition coefficient (Wildman–Crippen LogP) is 1.49. The lowest BCUT2D eigenvalue weighted by molar-refractivity contribution is 0.213. The van der Waals surface area contributed by atoms with Gasteiger partial charge >= 0.3 is 0 Å². The van der Waals surface area contributed by atoms with E-state index in [1.54, 1.807) is 12.1 Å². The molecule has 1 aliphatic rings.